The minimum Gasteiger partial charge on any atom is -0.387 e. The summed E-state index contributed by atoms with van der Waals surface area (Å²) < 4.78 is 81.2. The lowest BCUT2D eigenvalue weighted by Gasteiger charge is -2.36. The average molecular weight is 534 g/mol. The Hall–Kier alpha value is -3.21. The number of pyridine rings is 1. The molecule has 5 rings (SSSR count). The maximum atomic E-state index is 13.5. The zero-order valence-electron chi connectivity index (χ0n) is 20.2. The van der Waals surface area contributed by atoms with Crippen LogP contribution in [0.1, 0.15) is 28.5 Å². The van der Waals surface area contributed by atoms with E-state index in [0.717, 1.165) is 18.0 Å². The van der Waals surface area contributed by atoms with Crippen molar-refractivity contribution in [2.45, 2.75) is 25.0 Å². The first-order valence-electron chi connectivity index (χ1n) is 12.2. The van der Waals surface area contributed by atoms with Gasteiger partial charge in [-0.15, -0.1) is 0 Å². The Bertz CT molecular complexity index is 1440. The van der Waals surface area contributed by atoms with Gasteiger partial charge >= 0.3 is 12.4 Å². The van der Waals surface area contributed by atoms with Crippen molar-refractivity contribution < 1.29 is 31.4 Å². The number of hydrogen-bond acceptors (Lipinski definition) is 4. The van der Waals surface area contributed by atoms with Crippen molar-refractivity contribution in [3.63, 3.8) is 0 Å². The maximum Gasteiger partial charge on any atom is 0.433 e. The molecule has 1 aliphatic rings. The number of fused-ring (bicyclic) bond motifs is 2. The maximum absolute atomic E-state index is 13.5. The predicted octanol–water partition coefficient (Wildman–Crippen LogP) is 6.28. The quantitative estimate of drug-likeness (QED) is 0.307. The molecule has 0 amide bonds. The minimum atomic E-state index is -4.96. The zero-order chi connectivity index (χ0) is 27.1. The van der Waals surface area contributed by atoms with E-state index in [2.05, 4.69) is 34.1 Å². The van der Waals surface area contributed by atoms with Gasteiger partial charge in [-0.1, -0.05) is 54.6 Å². The number of rotatable bonds is 5. The van der Waals surface area contributed by atoms with E-state index in [-0.39, 0.29) is 17.5 Å². The molecule has 3 aromatic carbocycles. The van der Waals surface area contributed by atoms with E-state index < -0.39 is 35.2 Å². The van der Waals surface area contributed by atoms with Gasteiger partial charge in [-0.05, 0) is 34.0 Å². The summed E-state index contributed by atoms with van der Waals surface area (Å²) >= 11 is 0. The number of aliphatic hydroxyl groups excluding tert-OH is 1. The molecule has 1 atom stereocenters. The third kappa shape index (κ3) is 5.48. The summed E-state index contributed by atoms with van der Waals surface area (Å²) in [6, 6.07) is 18.0. The lowest BCUT2D eigenvalue weighted by molar-refractivity contribution is -0.142. The fourth-order valence-electron chi connectivity index (χ4n) is 5.07. The van der Waals surface area contributed by atoms with Crippen molar-refractivity contribution >= 4 is 21.7 Å². The molecule has 0 aliphatic carbocycles. The summed E-state index contributed by atoms with van der Waals surface area (Å²) in [6.45, 7) is 3.21. The van der Waals surface area contributed by atoms with Gasteiger partial charge in [0.15, 0.2) is 0 Å². The van der Waals surface area contributed by atoms with Crippen molar-refractivity contribution in [2.75, 3.05) is 32.7 Å². The molecule has 4 nitrogen and oxygen atoms in total. The number of hydrogen-bond donors (Lipinski definition) is 1. The lowest BCUT2D eigenvalue weighted by atomic mass is 9.99. The molecule has 1 saturated heterocycles. The van der Waals surface area contributed by atoms with Crippen LogP contribution in [0.5, 0.6) is 0 Å². The molecule has 0 bridgehead atoms. The molecule has 0 unspecified atom stereocenters. The molecule has 0 radical (unpaired) electrons. The van der Waals surface area contributed by atoms with Gasteiger partial charge in [-0.3, -0.25) is 9.80 Å². The molecule has 1 aliphatic heterocycles. The topological polar surface area (TPSA) is 39.6 Å². The monoisotopic (exact) mass is 533 g/mol. The number of aliphatic hydroxyl groups is 1. The van der Waals surface area contributed by atoms with Crippen LogP contribution in [0.4, 0.5) is 26.3 Å². The van der Waals surface area contributed by atoms with Crippen LogP contribution >= 0.6 is 0 Å². The summed E-state index contributed by atoms with van der Waals surface area (Å²) in [5.74, 6) is 0. The van der Waals surface area contributed by atoms with Crippen LogP contribution in [-0.4, -0.2) is 52.6 Å². The number of piperazine rings is 1. The highest BCUT2D eigenvalue weighted by Crippen LogP contribution is 2.39. The first kappa shape index (κ1) is 26.4. The van der Waals surface area contributed by atoms with Crippen LogP contribution in [0.3, 0.4) is 0 Å². The smallest absolute Gasteiger partial charge is 0.387 e. The van der Waals surface area contributed by atoms with Crippen LogP contribution in [0.25, 0.3) is 21.7 Å². The summed E-state index contributed by atoms with van der Waals surface area (Å²) in [5, 5.41) is 13.1. The SMILES string of the molecule is O[C@H](CN1CCN(Cc2cccc3ccccc23)CC1)c1cc(C(F)(F)F)nc2c(C(F)(F)F)cccc12. The third-order valence-electron chi connectivity index (χ3n) is 7.00. The van der Waals surface area contributed by atoms with E-state index in [1.54, 1.807) is 0 Å². The van der Waals surface area contributed by atoms with E-state index in [0.29, 0.717) is 38.3 Å². The average Bonchev–Trinajstić information content (AvgIpc) is 2.88. The van der Waals surface area contributed by atoms with Crippen molar-refractivity contribution in [1.82, 2.24) is 14.8 Å². The number of para-hydroxylation sites is 1. The Morgan fingerprint density at radius 2 is 1.39 bits per heavy atom. The van der Waals surface area contributed by atoms with E-state index in [1.807, 2.05) is 23.1 Å². The van der Waals surface area contributed by atoms with E-state index in [4.69, 9.17) is 0 Å². The van der Waals surface area contributed by atoms with E-state index in [1.165, 1.54) is 17.0 Å². The van der Waals surface area contributed by atoms with E-state index >= 15 is 0 Å². The van der Waals surface area contributed by atoms with Gasteiger partial charge in [-0.25, -0.2) is 4.98 Å². The van der Waals surface area contributed by atoms with Gasteiger partial charge in [-0.2, -0.15) is 26.3 Å². The van der Waals surface area contributed by atoms with Crippen molar-refractivity contribution in [2.24, 2.45) is 0 Å². The third-order valence-corrected chi connectivity index (χ3v) is 7.00. The summed E-state index contributed by atoms with van der Waals surface area (Å²) in [6.07, 6.45) is -11.3. The van der Waals surface area contributed by atoms with Gasteiger partial charge in [0.05, 0.1) is 17.2 Å². The first-order chi connectivity index (χ1) is 18.0. The number of alkyl halides is 6. The van der Waals surface area contributed by atoms with Gasteiger partial charge in [0.2, 0.25) is 0 Å². The zero-order valence-corrected chi connectivity index (χ0v) is 20.2. The van der Waals surface area contributed by atoms with Gasteiger partial charge in [0.25, 0.3) is 0 Å². The summed E-state index contributed by atoms with van der Waals surface area (Å²) in [4.78, 5) is 7.48. The Labute approximate surface area is 215 Å². The standard InChI is InChI=1S/C28H25F6N3O/c29-27(30,31)23-10-4-9-21-22(15-25(28(32,33)34)35-26(21)23)24(38)17-37-13-11-36(12-14-37)16-19-7-3-6-18-5-1-2-8-20(18)19/h1-10,15,24,38H,11-14,16-17H2/t24-/m1/s1. The fourth-order valence-corrected chi connectivity index (χ4v) is 5.07. The van der Waals surface area contributed by atoms with Gasteiger partial charge in [0.1, 0.15) is 5.69 Å². The molecule has 0 spiro atoms. The Morgan fingerprint density at radius 3 is 2.11 bits per heavy atom. The summed E-state index contributed by atoms with van der Waals surface area (Å²) in [5.41, 5.74) is -2.57. The molecule has 10 heteroatoms. The second-order valence-electron chi connectivity index (χ2n) is 9.52. The number of aromatic nitrogens is 1. The second kappa shape index (κ2) is 10.2. The Balaban J connectivity index is 1.33. The summed E-state index contributed by atoms with van der Waals surface area (Å²) in [7, 11) is 0. The number of β-amino-alcohol motifs (C(OH)–C–C–N with tert-alkyl or cyclic N) is 1. The minimum absolute atomic E-state index is 0.00519. The van der Waals surface area contributed by atoms with Crippen LogP contribution in [0, 0.1) is 0 Å². The van der Waals surface area contributed by atoms with Crippen LogP contribution < -0.4 is 0 Å². The Kier molecular flexibility index (Phi) is 7.06. The van der Waals surface area contributed by atoms with Crippen molar-refractivity contribution in [1.29, 1.82) is 0 Å². The molecular weight excluding hydrogens is 508 g/mol. The molecule has 0 saturated carbocycles. The molecule has 38 heavy (non-hydrogen) atoms. The highest BCUT2D eigenvalue weighted by atomic mass is 19.4. The predicted molar refractivity (Wildman–Crippen MR) is 132 cm³/mol. The van der Waals surface area contributed by atoms with Gasteiger partial charge in [0, 0.05) is 44.7 Å². The molecule has 1 aromatic heterocycles. The van der Waals surface area contributed by atoms with Crippen molar-refractivity contribution in [3.8, 4) is 0 Å². The molecular formula is C28H25F6N3O. The first-order valence-corrected chi connectivity index (χ1v) is 12.2. The lowest BCUT2D eigenvalue weighted by Crippen LogP contribution is -2.47. The Morgan fingerprint density at radius 1 is 0.763 bits per heavy atom. The van der Waals surface area contributed by atoms with Crippen molar-refractivity contribution in [3.05, 3.63) is 89.1 Å². The number of benzene rings is 3. The van der Waals surface area contributed by atoms with Crippen LogP contribution in [-0.2, 0) is 18.9 Å². The number of halogens is 6. The molecule has 200 valence electrons. The van der Waals surface area contributed by atoms with Crippen LogP contribution in [0.2, 0.25) is 0 Å². The fraction of sp³-hybridized carbons (Fsp3) is 0.321. The number of nitrogens with zero attached hydrogens (tertiary/aromatic N) is 3. The van der Waals surface area contributed by atoms with E-state index in [9.17, 15) is 31.4 Å². The molecule has 1 N–H and O–H groups in total. The second-order valence-corrected chi connectivity index (χ2v) is 9.52. The molecule has 2 heterocycles. The normalized spacial score (nSPS) is 16.8. The van der Waals surface area contributed by atoms with Crippen LogP contribution in [0.15, 0.2) is 66.7 Å². The highest BCUT2D eigenvalue weighted by Gasteiger charge is 2.38. The highest BCUT2D eigenvalue weighted by molar-refractivity contribution is 5.86. The molecule has 1 fully saturated rings. The van der Waals surface area contributed by atoms with Gasteiger partial charge < -0.3 is 5.11 Å². The molecule has 4 aromatic rings. The largest absolute Gasteiger partial charge is 0.433 e.